The molecule has 4 heteroatoms. The number of hydrogen-bond donors (Lipinski definition) is 1. The van der Waals surface area contributed by atoms with Crippen molar-refractivity contribution < 1.29 is 13.9 Å². The minimum Gasteiger partial charge on any atom is -0.426 e. The molecule has 16 heavy (non-hydrogen) atoms. The molecule has 0 spiro atoms. The highest BCUT2D eigenvalue weighted by molar-refractivity contribution is 5.75. The Bertz CT molecular complexity index is 375. The average Bonchev–Trinajstić information content (AvgIpc) is 2.30. The van der Waals surface area contributed by atoms with E-state index in [0.29, 0.717) is 0 Å². The Hall–Kier alpha value is -1.42. The van der Waals surface area contributed by atoms with Gasteiger partial charge >= 0.3 is 5.97 Å². The van der Waals surface area contributed by atoms with Crippen LogP contribution in [0.5, 0.6) is 5.75 Å². The van der Waals surface area contributed by atoms with Crippen molar-refractivity contribution in [3.8, 4) is 5.75 Å². The van der Waals surface area contributed by atoms with Crippen molar-refractivity contribution in [1.29, 1.82) is 0 Å². The third-order valence-corrected chi connectivity index (χ3v) is 2.69. The van der Waals surface area contributed by atoms with Gasteiger partial charge in [-0.05, 0) is 38.1 Å². The van der Waals surface area contributed by atoms with Gasteiger partial charge < -0.3 is 10.1 Å². The summed E-state index contributed by atoms with van der Waals surface area (Å²) in [6.07, 6.45) is 1.57. The molecule has 0 saturated carbocycles. The molecule has 0 aromatic heterocycles. The summed E-state index contributed by atoms with van der Waals surface area (Å²) in [6.45, 7) is 1.67. The minimum atomic E-state index is -0.393. The van der Waals surface area contributed by atoms with Gasteiger partial charge in [-0.25, -0.2) is 4.39 Å². The van der Waals surface area contributed by atoms with E-state index in [9.17, 15) is 9.18 Å². The number of carbonyl (C=O) groups is 1. The van der Waals surface area contributed by atoms with E-state index < -0.39 is 5.82 Å². The summed E-state index contributed by atoms with van der Waals surface area (Å²) in [5, 5.41) is 3.17. The Morgan fingerprint density at radius 1 is 1.38 bits per heavy atom. The summed E-state index contributed by atoms with van der Waals surface area (Å²) < 4.78 is 18.0. The first-order valence-electron chi connectivity index (χ1n) is 5.44. The third kappa shape index (κ3) is 2.79. The van der Waals surface area contributed by atoms with Gasteiger partial charge in [0, 0.05) is 6.07 Å². The van der Waals surface area contributed by atoms with Crippen LogP contribution >= 0.6 is 0 Å². The summed E-state index contributed by atoms with van der Waals surface area (Å²) in [7, 11) is 0. The standard InChI is InChI=1S/C12H14FNO2/c13-10-2-1-3-11(8-10)16-12(15)9-4-6-14-7-5-9/h1-3,8-9,14H,4-7H2. The molecule has 0 unspecified atom stereocenters. The summed E-state index contributed by atoms with van der Waals surface area (Å²) >= 11 is 0. The summed E-state index contributed by atoms with van der Waals surface area (Å²) in [5.41, 5.74) is 0. The molecule has 1 N–H and O–H groups in total. The van der Waals surface area contributed by atoms with Crippen molar-refractivity contribution in [2.45, 2.75) is 12.8 Å². The maximum atomic E-state index is 12.9. The average molecular weight is 223 g/mol. The lowest BCUT2D eigenvalue weighted by Gasteiger charge is -2.20. The molecular formula is C12H14FNO2. The summed E-state index contributed by atoms with van der Waals surface area (Å²) in [6, 6.07) is 5.66. The number of rotatable bonds is 2. The highest BCUT2D eigenvalue weighted by Gasteiger charge is 2.22. The quantitative estimate of drug-likeness (QED) is 0.613. The fraction of sp³-hybridized carbons (Fsp3) is 0.417. The number of halogens is 1. The van der Waals surface area contributed by atoms with Crippen LogP contribution in [-0.4, -0.2) is 19.1 Å². The topological polar surface area (TPSA) is 38.3 Å². The zero-order valence-corrected chi connectivity index (χ0v) is 8.91. The summed E-state index contributed by atoms with van der Waals surface area (Å²) in [5.74, 6) is -0.434. The maximum absolute atomic E-state index is 12.9. The number of nitrogens with one attached hydrogen (secondary N) is 1. The second-order valence-corrected chi connectivity index (χ2v) is 3.90. The molecule has 1 fully saturated rings. The Labute approximate surface area is 93.6 Å². The van der Waals surface area contributed by atoms with E-state index in [4.69, 9.17) is 4.74 Å². The van der Waals surface area contributed by atoms with Crippen LogP contribution in [0.3, 0.4) is 0 Å². The van der Waals surface area contributed by atoms with Crippen LogP contribution in [0, 0.1) is 11.7 Å². The zero-order chi connectivity index (χ0) is 11.4. The van der Waals surface area contributed by atoms with Gasteiger partial charge in [-0.1, -0.05) is 6.07 Å². The highest BCUT2D eigenvalue weighted by atomic mass is 19.1. The van der Waals surface area contributed by atoms with Crippen molar-refractivity contribution in [2.75, 3.05) is 13.1 Å². The molecule has 1 aromatic rings. The van der Waals surface area contributed by atoms with Gasteiger partial charge in [-0.15, -0.1) is 0 Å². The predicted molar refractivity (Wildman–Crippen MR) is 57.6 cm³/mol. The van der Waals surface area contributed by atoms with Gasteiger partial charge in [0.25, 0.3) is 0 Å². The maximum Gasteiger partial charge on any atom is 0.314 e. The highest BCUT2D eigenvalue weighted by Crippen LogP contribution is 2.18. The van der Waals surface area contributed by atoms with Crippen molar-refractivity contribution in [1.82, 2.24) is 5.32 Å². The van der Waals surface area contributed by atoms with Gasteiger partial charge in [-0.2, -0.15) is 0 Å². The normalized spacial score (nSPS) is 17.1. The van der Waals surface area contributed by atoms with Crippen molar-refractivity contribution in [2.24, 2.45) is 5.92 Å². The number of esters is 1. The van der Waals surface area contributed by atoms with Gasteiger partial charge in [0.1, 0.15) is 11.6 Å². The fourth-order valence-corrected chi connectivity index (χ4v) is 1.79. The van der Waals surface area contributed by atoms with E-state index >= 15 is 0 Å². The number of hydrogen-bond acceptors (Lipinski definition) is 3. The molecule has 3 nitrogen and oxygen atoms in total. The molecule has 86 valence electrons. The fourth-order valence-electron chi connectivity index (χ4n) is 1.79. The SMILES string of the molecule is O=C(Oc1cccc(F)c1)C1CCNCC1. The van der Waals surface area contributed by atoms with Gasteiger partial charge in [0.15, 0.2) is 0 Å². The van der Waals surface area contributed by atoms with E-state index in [-0.39, 0.29) is 17.6 Å². The molecule has 0 atom stereocenters. The van der Waals surface area contributed by atoms with Gasteiger partial charge in [-0.3, -0.25) is 4.79 Å². The molecule has 1 heterocycles. The van der Waals surface area contributed by atoms with Crippen LogP contribution in [-0.2, 0) is 4.79 Å². The lowest BCUT2D eigenvalue weighted by molar-refractivity contribution is -0.139. The van der Waals surface area contributed by atoms with Gasteiger partial charge in [0.2, 0.25) is 0 Å². The van der Waals surface area contributed by atoms with Crippen LogP contribution < -0.4 is 10.1 Å². The van der Waals surface area contributed by atoms with Crippen LogP contribution in [0.15, 0.2) is 24.3 Å². The zero-order valence-electron chi connectivity index (χ0n) is 8.91. The lowest BCUT2D eigenvalue weighted by Crippen LogP contribution is -2.33. The Morgan fingerprint density at radius 3 is 2.81 bits per heavy atom. The monoisotopic (exact) mass is 223 g/mol. The van der Waals surface area contributed by atoms with Crippen LogP contribution in [0.4, 0.5) is 4.39 Å². The predicted octanol–water partition coefficient (Wildman–Crippen LogP) is 1.73. The van der Waals surface area contributed by atoms with Gasteiger partial charge in [0.05, 0.1) is 5.92 Å². The van der Waals surface area contributed by atoms with Crippen molar-refractivity contribution in [3.05, 3.63) is 30.1 Å². The molecule has 0 amide bonds. The smallest absolute Gasteiger partial charge is 0.314 e. The lowest BCUT2D eigenvalue weighted by atomic mass is 9.98. The minimum absolute atomic E-state index is 0.0653. The number of piperidine rings is 1. The number of benzene rings is 1. The summed E-state index contributed by atoms with van der Waals surface area (Å²) in [4.78, 5) is 11.7. The second kappa shape index (κ2) is 5.07. The van der Waals surface area contributed by atoms with E-state index in [2.05, 4.69) is 5.32 Å². The van der Waals surface area contributed by atoms with E-state index in [1.165, 1.54) is 18.2 Å². The van der Waals surface area contributed by atoms with E-state index in [1.54, 1.807) is 6.07 Å². The molecule has 0 aliphatic carbocycles. The first-order valence-corrected chi connectivity index (χ1v) is 5.44. The second-order valence-electron chi connectivity index (χ2n) is 3.90. The number of ether oxygens (including phenoxy) is 1. The first kappa shape index (κ1) is 11.1. The molecule has 1 aromatic carbocycles. The van der Waals surface area contributed by atoms with Crippen molar-refractivity contribution >= 4 is 5.97 Å². The number of carbonyl (C=O) groups excluding carboxylic acids is 1. The molecule has 2 rings (SSSR count). The van der Waals surface area contributed by atoms with Crippen LogP contribution in [0.1, 0.15) is 12.8 Å². The molecule has 1 aliphatic rings. The molecule has 1 aliphatic heterocycles. The largest absolute Gasteiger partial charge is 0.426 e. The first-order chi connectivity index (χ1) is 7.75. The Morgan fingerprint density at radius 2 is 2.12 bits per heavy atom. The molecular weight excluding hydrogens is 209 g/mol. The molecule has 0 radical (unpaired) electrons. The van der Waals surface area contributed by atoms with Crippen molar-refractivity contribution in [3.63, 3.8) is 0 Å². The Kier molecular flexibility index (Phi) is 3.51. The van der Waals surface area contributed by atoms with Crippen LogP contribution in [0.2, 0.25) is 0 Å². The van der Waals surface area contributed by atoms with Crippen LogP contribution in [0.25, 0.3) is 0 Å². The molecule has 1 saturated heterocycles. The third-order valence-electron chi connectivity index (χ3n) is 2.69. The van der Waals surface area contributed by atoms with E-state index in [1.807, 2.05) is 0 Å². The Balaban J connectivity index is 1.96. The van der Waals surface area contributed by atoms with E-state index in [0.717, 1.165) is 25.9 Å². The molecule has 0 bridgehead atoms.